The predicted octanol–water partition coefficient (Wildman–Crippen LogP) is 2.45. The van der Waals surface area contributed by atoms with E-state index in [0.29, 0.717) is 0 Å². The van der Waals surface area contributed by atoms with Crippen LogP contribution in [0, 0.1) is 0 Å². The molecule has 1 aliphatic carbocycles. The topological polar surface area (TPSA) is 32.3 Å². The number of amides is 1. The predicted molar refractivity (Wildman–Crippen MR) is 78.9 cm³/mol. The third-order valence-electron chi connectivity index (χ3n) is 4.27. The van der Waals surface area contributed by atoms with Crippen molar-refractivity contribution >= 4 is 17.2 Å². The summed E-state index contributed by atoms with van der Waals surface area (Å²) < 4.78 is 0. The lowest BCUT2D eigenvalue weighted by Gasteiger charge is -2.39. The van der Waals surface area contributed by atoms with Gasteiger partial charge in [0.15, 0.2) is 0 Å². The van der Waals surface area contributed by atoms with Gasteiger partial charge in [-0.15, -0.1) is 11.3 Å². The summed E-state index contributed by atoms with van der Waals surface area (Å²) in [6.45, 7) is 6.07. The lowest BCUT2D eigenvalue weighted by atomic mass is 9.99. The Morgan fingerprint density at radius 2 is 1.95 bits per heavy atom. The molecule has 4 heteroatoms. The summed E-state index contributed by atoms with van der Waals surface area (Å²) in [5.41, 5.74) is 1.43. The minimum absolute atomic E-state index is 0.237. The molecule has 1 saturated heterocycles. The molecule has 1 N–H and O–H groups in total. The number of carbonyl (C=O) groups excluding carboxylic acids is 1. The molecule has 1 aromatic rings. The largest absolute Gasteiger partial charge is 0.330 e. The van der Waals surface area contributed by atoms with Crippen LogP contribution in [0.1, 0.15) is 46.8 Å². The van der Waals surface area contributed by atoms with E-state index in [-0.39, 0.29) is 18.0 Å². The Morgan fingerprint density at radius 3 is 2.63 bits per heavy atom. The van der Waals surface area contributed by atoms with E-state index in [1.165, 1.54) is 29.7 Å². The summed E-state index contributed by atoms with van der Waals surface area (Å²) in [4.78, 5) is 17.2. The first kappa shape index (κ1) is 13.1. The first-order valence-electron chi connectivity index (χ1n) is 7.32. The van der Waals surface area contributed by atoms with Crippen molar-refractivity contribution in [1.82, 2.24) is 10.2 Å². The molecule has 2 unspecified atom stereocenters. The zero-order valence-electron chi connectivity index (χ0n) is 11.7. The molecule has 2 aliphatic rings. The van der Waals surface area contributed by atoms with Crippen LogP contribution >= 0.6 is 11.3 Å². The molecule has 1 aliphatic heterocycles. The molecule has 1 aromatic heterocycles. The van der Waals surface area contributed by atoms with Gasteiger partial charge in [0.25, 0.3) is 5.91 Å². The molecule has 2 atom stereocenters. The molecule has 3 nitrogen and oxygen atoms in total. The molecule has 0 saturated carbocycles. The molecular formula is C15H22N2OS. The van der Waals surface area contributed by atoms with Gasteiger partial charge < -0.3 is 10.2 Å². The highest BCUT2D eigenvalue weighted by molar-refractivity contribution is 7.14. The Balaban J connectivity index is 1.84. The number of rotatable bonds is 1. The van der Waals surface area contributed by atoms with Gasteiger partial charge in [0.2, 0.25) is 0 Å². The van der Waals surface area contributed by atoms with Crippen LogP contribution in [0.25, 0.3) is 0 Å². The molecule has 3 rings (SSSR count). The highest BCUT2D eigenvalue weighted by atomic mass is 32.1. The second-order valence-electron chi connectivity index (χ2n) is 5.83. The minimum atomic E-state index is 0.237. The smallest absolute Gasteiger partial charge is 0.264 e. The van der Waals surface area contributed by atoms with Crippen LogP contribution in [-0.4, -0.2) is 36.0 Å². The monoisotopic (exact) mass is 278 g/mol. The summed E-state index contributed by atoms with van der Waals surface area (Å²) in [7, 11) is 0. The number of aryl methyl sites for hydroxylation is 2. The number of nitrogens with one attached hydrogen (secondary N) is 1. The third kappa shape index (κ3) is 2.43. The molecular weight excluding hydrogens is 256 g/mol. The number of fused-ring (bicyclic) bond motifs is 1. The van der Waals surface area contributed by atoms with E-state index < -0.39 is 0 Å². The van der Waals surface area contributed by atoms with Gasteiger partial charge in [-0.05, 0) is 51.2 Å². The fraction of sp³-hybridized carbons (Fsp3) is 0.667. The van der Waals surface area contributed by atoms with Crippen molar-refractivity contribution in [2.45, 2.75) is 51.6 Å². The Kier molecular flexibility index (Phi) is 3.63. The Morgan fingerprint density at radius 1 is 1.26 bits per heavy atom. The first-order valence-corrected chi connectivity index (χ1v) is 8.13. The molecule has 0 aromatic carbocycles. The van der Waals surface area contributed by atoms with Gasteiger partial charge in [0, 0.05) is 30.1 Å². The zero-order chi connectivity index (χ0) is 13.4. The lowest BCUT2D eigenvalue weighted by Crippen LogP contribution is -2.57. The number of piperazine rings is 1. The normalized spacial score (nSPS) is 27.2. The maximum Gasteiger partial charge on any atom is 0.264 e. The minimum Gasteiger partial charge on any atom is -0.330 e. The van der Waals surface area contributed by atoms with Crippen molar-refractivity contribution < 1.29 is 4.79 Å². The van der Waals surface area contributed by atoms with E-state index in [2.05, 4.69) is 30.1 Å². The Labute approximate surface area is 119 Å². The standard InChI is InChI=1S/C15H22N2OS/c1-10-8-16-9-11(2)17(10)15(18)14-7-12-5-3-4-6-13(12)19-14/h7,10-11,16H,3-6,8-9H2,1-2H3. The van der Waals surface area contributed by atoms with Gasteiger partial charge in [0.1, 0.15) is 0 Å². The van der Waals surface area contributed by atoms with E-state index in [0.717, 1.165) is 24.4 Å². The fourth-order valence-corrected chi connectivity index (χ4v) is 4.45. The third-order valence-corrected chi connectivity index (χ3v) is 5.50. The summed E-state index contributed by atoms with van der Waals surface area (Å²) in [5, 5.41) is 3.38. The van der Waals surface area contributed by atoms with Gasteiger partial charge in [-0.2, -0.15) is 0 Å². The Hall–Kier alpha value is -0.870. The van der Waals surface area contributed by atoms with Crippen LogP contribution in [0.2, 0.25) is 0 Å². The van der Waals surface area contributed by atoms with Crippen LogP contribution in [0.3, 0.4) is 0 Å². The van der Waals surface area contributed by atoms with E-state index in [4.69, 9.17) is 0 Å². The van der Waals surface area contributed by atoms with Gasteiger partial charge in [0.05, 0.1) is 4.88 Å². The molecule has 0 spiro atoms. The van der Waals surface area contributed by atoms with Gasteiger partial charge in [-0.1, -0.05) is 0 Å². The van der Waals surface area contributed by atoms with Crippen LogP contribution in [-0.2, 0) is 12.8 Å². The second kappa shape index (κ2) is 5.25. The van der Waals surface area contributed by atoms with Crippen molar-refractivity contribution in [3.05, 3.63) is 21.4 Å². The first-order chi connectivity index (χ1) is 9.16. The molecule has 1 fully saturated rings. The molecule has 2 heterocycles. The quantitative estimate of drug-likeness (QED) is 0.856. The number of thiophene rings is 1. The number of hydrogen-bond donors (Lipinski definition) is 1. The summed E-state index contributed by atoms with van der Waals surface area (Å²) in [6, 6.07) is 2.73. The summed E-state index contributed by atoms with van der Waals surface area (Å²) in [5.74, 6) is 0.237. The summed E-state index contributed by atoms with van der Waals surface area (Å²) >= 11 is 1.73. The van der Waals surface area contributed by atoms with Gasteiger partial charge >= 0.3 is 0 Å². The molecule has 104 valence electrons. The average Bonchev–Trinajstić information content (AvgIpc) is 2.82. The zero-order valence-corrected chi connectivity index (χ0v) is 12.6. The van der Waals surface area contributed by atoms with Crippen LogP contribution in [0.4, 0.5) is 0 Å². The Bertz CT molecular complexity index is 449. The fourth-order valence-electron chi connectivity index (χ4n) is 3.26. The molecule has 1 amide bonds. The SMILES string of the molecule is CC1CNCC(C)N1C(=O)c1cc2c(s1)CCCC2. The van der Waals surface area contributed by atoms with Crippen molar-refractivity contribution in [2.24, 2.45) is 0 Å². The van der Waals surface area contributed by atoms with E-state index in [1.54, 1.807) is 11.3 Å². The highest BCUT2D eigenvalue weighted by Crippen LogP contribution is 2.31. The maximum absolute atomic E-state index is 12.7. The lowest BCUT2D eigenvalue weighted by molar-refractivity contribution is 0.0549. The van der Waals surface area contributed by atoms with Crippen LogP contribution < -0.4 is 5.32 Å². The van der Waals surface area contributed by atoms with Crippen molar-refractivity contribution in [1.29, 1.82) is 0 Å². The maximum atomic E-state index is 12.7. The highest BCUT2D eigenvalue weighted by Gasteiger charge is 2.31. The summed E-state index contributed by atoms with van der Waals surface area (Å²) in [6.07, 6.45) is 4.88. The number of nitrogens with zero attached hydrogens (tertiary/aromatic N) is 1. The molecule has 0 bridgehead atoms. The van der Waals surface area contributed by atoms with E-state index in [1.807, 2.05) is 0 Å². The van der Waals surface area contributed by atoms with Crippen LogP contribution in [0.15, 0.2) is 6.07 Å². The van der Waals surface area contributed by atoms with Crippen LogP contribution in [0.5, 0.6) is 0 Å². The number of hydrogen-bond acceptors (Lipinski definition) is 3. The van der Waals surface area contributed by atoms with Gasteiger partial charge in [-0.3, -0.25) is 4.79 Å². The van der Waals surface area contributed by atoms with Crippen molar-refractivity contribution in [3.63, 3.8) is 0 Å². The average molecular weight is 278 g/mol. The second-order valence-corrected chi connectivity index (χ2v) is 6.97. The van der Waals surface area contributed by atoms with Gasteiger partial charge in [-0.25, -0.2) is 0 Å². The number of carbonyl (C=O) groups is 1. The van der Waals surface area contributed by atoms with Crippen molar-refractivity contribution in [3.8, 4) is 0 Å². The van der Waals surface area contributed by atoms with Crippen molar-refractivity contribution in [2.75, 3.05) is 13.1 Å². The molecule has 0 radical (unpaired) electrons. The van der Waals surface area contributed by atoms with E-state index in [9.17, 15) is 4.79 Å². The van der Waals surface area contributed by atoms with E-state index >= 15 is 0 Å². The molecule has 19 heavy (non-hydrogen) atoms.